The summed E-state index contributed by atoms with van der Waals surface area (Å²) in [6.45, 7) is 0. The Bertz CT molecular complexity index is 724. The Morgan fingerprint density at radius 1 is 1.22 bits per heavy atom. The number of nitrogens with zero attached hydrogens (tertiary/aromatic N) is 2. The first-order valence-corrected chi connectivity index (χ1v) is 6.80. The normalized spacial score (nSPS) is 11.3. The predicted molar refractivity (Wildman–Crippen MR) is 77.9 cm³/mol. The summed E-state index contributed by atoms with van der Waals surface area (Å²) in [4.78, 5) is 24.4. The van der Waals surface area contributed by atoms with E-state index in [4.69, 9.17) is 0 Å². The van der Waals surface area contributed by atoms with Crippen molar-refractivity contribution < 1.29 is 0 Å². The molecule has 2 aromatic heterocycles. The molecule has 0 fully saturated rings. The summed E-state index contributed by atoms with van der Waals surface area (Å²) < 4.78 is 3.53. The van der Waals surface area contributed by atoms with Gasteiger partial charge in [-0.1, -0.05) is 0 Å². The highest BCUT2D eigenvalue weighted by molar-refractivity contribution is 9.11. The van der Waals surface area contributed by atoms with Crippen LogP contribution in [0.15, 0.2) is 31.7 Å². The molecular formula is C12H11BrN2O2S. The van der Waals surface area contributed by atoms with Gasteiger partial charge in [-0.25, -0.2) is 4.79 Å². The highest BCUT2D eigenvalue weighted by Crippen LogP contribution is 2.23. The van der Waals surface area contributed by atoms with E-state index >= 15 is 0 Å². The maximum atomic E-state index is 11.9. The molecule has 0 bridgehead atoms. The van der Waals surface area contributed by atoms with Crippen molar-refractivity contribution in [1.82, 2.24) is 9.13 Å². The van der Waals surface area contributed by atoms with Gasteiger partial charge in [-0.3, -0.25) is 9.36 Å². The lowest BCUT2D eigenvalue weighted by Crippen LogP contribution is -2.37. The summed E-state index contributed by atoms with van der Waals surface area (Å²) >= 11 is 4.96. The lowest BCUT2D eigenvalue weighted by Gasteiger charge is -2.02. The molecule has 0 radical (unpaired) electrons. The molecule has 0 aliphatic carbocycles. The molecule has 0 spiro atoms. The van der Waals surface area contributed by atoms with Gasteiger partial charge in [0, 0.05) is 25.2 Å². The lowest BCUT2D eigenvalue weighted by atomic mass is 10.3. The average Bonchev–Trinajstić information content (AvgIpc) is 2.75. The van der Waals surface area contributed by atoms with E-state index in [1.807, 2.05) is 18.2 Å². The van der Waals surface area contributed by atoms with E-state index in [2.05, 4.69) is 15.9 Å². The van der Waals surface area contributed by atoms with Crippen molar-refractivity contribution >= 4 is 39.4 Å². The van der Waals surface area contributed by atoms with Crippen LogP contribution in [-0.2, 0) is 14.1 Å². The van der Waals surface area contributed by atoms with Crippen LogP contribution >= 0.6 is 27.3 Å². The predicted octanol–water partition coefficient (Wildman–Crippen LogP) is 2.08. The number of rotatable bonds is 2. The lowest BCUT2D eigenvalue weighted by molar-refractivity contribution is 0.683. The smallest absolute Gasteiger partial charge is 0.303 e. The van der Waals surface area contributed by atoms with Crippen LogP contribution in [0.25, 0.3) is 12.2 Å². The summed E-state index contributed by atoms with van der Waals surface area (Å²) in [5.41, 5.74) is -0.120. The molecule has 0 aliphatic heterocycles. The number of thiophene rings is 1. The molecule has 4 nitrogen and oxygen atoms in total. The number of aryl methyl sites for hydroxylation is 1. The molecule has 2 aromatic rings. The van der Waals surface area contributed by atoms with E-state index in [-0.39, 0.29) is 11.2 Å². The van der Waals surface area contributed by atoms with Gasteiger partial charge < -0.3 is 4.57 Å². The van der Waals surface area contributed by atoms with Gasteiger partial charge in [-0.05, 0) is 40.2 Å². The zero-order valence-corrected chi connectivity index (χ0v) is 12.3. The Morgan fingerprint density at radius 3 is 2.56 bits per heavy atom. The molecule has 2 heterocycles. The van der Waals surface area contributed by atoms with E-state index < -0.39 is 0 Å². The molecule has 0 saturated heterocycles. The third kappa shape index (κ3) is 2.54. The third-order valence-electron chi connectivity index (χ3n) is 2.49. The topological polar surface area (TPSA) is 44.0 Å². The summed E-state index contributed by atoms with van der Waals surface area (Å²) in [5.74, 6) is 0. The summed E-state index contributed by atoms with van der Waals surface area (Å²) in [5, 5.41) is 0. The van der Waals surface area contributed by atoms with Crippen LogP contribution in [-0.4, -0.2) is 9.13 Å². The second kappa shape index (κ2) is 5.07. The molecule has 6 heteroatoms. The van der Waals surface area contributed by atoms with Crippen molar-refractivity contribution in [2.75, 3.05) is 0 Å². The molecule has 0 N–H and O–H groups in total. The van der Waals surface area contributed by atoms with Gasteiger partial charge in [-0.2, -0.15) is 0 Å². The molecule has 0 saturated carbocycles. The number of aromatic nitrogens is 2. The molecule has 94 valence electrons. The van der Waals surface area contributed by atoms with Crippen molar-refractivity contribution in [2.24, 2.45) is 14.1 Å². The monoisotopic (exact) mass is 326 g/mol. The highest BCUT2D eigenvalue weighted by atomic mass is 79.9. The van der Waals surface area contributed by atoms with Crippen molar-refractivity contribution in [3.63, 3.8) is 0 Å². The SMILES string of the molecule is Cn1cc(/C=C/c2ccc(Br)s2)c(=O)n(C)c1=O. The van der Waals surface area contributed by atoms with Crippen LogP contribution in [0.5, 0.6) is 0 Å². The van der Waals surface area contributed by atoms with E-state index in [0.717, 1.165) is 13.2 Å². The first-order chi connectivity index (χ1) is 8.49. The van der Waals surface area contributed by atoms with Gasteiger partial charge in [0.25, 0.3) is 5.56 Å². The number of hydrogen-bond donors (Lipinski definition) is 0. The summed E-state index contributed by atoms with van der Waals surface area (Å²) in [6.07, 6.45) is 5.13. The molecular weight excluding hydrogens is 316 g/mol. The Hall–Kier alpha value is -1.40. The van der Waals surface area contributed by atoms with Crippen LogP contribution in [0.3, 0.4) is 0 Å². The Kier molecular flexibility index (Phi) is 3.68. The fourth-order valence-electron chi connectivity index (χ4n) is 1.54. The summed E-state index contributed by atoms with van der Waals surface area (Å²) in [7, 11) is 3.10. The molecule has 0 aromatic carbocycles. The van der Waals surface area contributed by atoms with Gasteiger partial charge in [0.05, 0.1) is 9.35 Å². The molecule has 18 heavy (non-hydrogen) atoms. The largest absolute Gasteiger partial charge is 0.330 e. The molecule has 2 rings (SSSR count). The zero-order valence-electron chi connectivity index (χ0n) is 9.88. The van der Waals surface area contributed by atoms with Gasteiger partial charge in [0.2, 0.25) is 0 Å². The van der Waals surface area contributed by atoms with Crippen molar-refractivity contribution in [3.8, 4) is 0 Å². The number of halogens is 1. The minimum Gasteiger partial charge on any atom is -0.303 e. The zero-order chi connectivity index (χ0) is 13.3. The van der Waals surface area contributed by atoms with Crippen molar-refractivity contribution in [2.45, 2.75) is 0 Å². The fraction of sp³-hybridized carbons (Fsp3) is 0.167. The summed E-state index contributed by atoms with van der Waals surface area (Å²) in [6, 6.07) is 3.90. The van der Waals surface area contributed by atoms with Crippen molar-refractivity contribution in [3.05, 3.63) is 53.4 Å². The fourth-order valence-corrected chi connectivity index (χ4v) is 2.87. The van der Waals surface area contributed by atoms with Gasteiger partial charge in [-0.15, -0.1) is 11.3 Å². The van der Waals surface area contributed by atoms with Crippen LogP contribution in [0.2, 0.25) is 0 Å². The van der Waals surface area contributed by atoms with E-state index in [9.17, 15) is 9.59 Å². The minimum atomic E-state index is -0.323. The standard InChI is InChI=1S/C12H11BrN2O2S/c1-14-7-8(11(16)15(2)12(14)17)3-4-9-5-6-10(13)18-9/h3-7H,1-2H3/b4-3+. The van der Waals surface area contributed by atoms with Crippen LogP contribution < -0.4 is 11.2 Å². The molecule has 0 unspecified atom stereocenters. The first kappa shape index (κ1) is 13.0. The van der Waals surface area contributed by atoms with Crippen LogP contribution in [0.4, 0.5) is 0 Å². The van der Waals surface area contributed by atoms with Crippen LogP contribution in [0, 0.1) is 0 Å². The molecule has 0 amide bonds. The van der Waals surface area contributed by atoms with Gasteiger partial charge in [0.1, 0.15) is 0 Å². The highest BCUT2D eigenvalue weighted by Gasteiger charge is 2.03. The van der Waals surface area contributed by atoms with Crippen LogP contribution in [0.1, 0.15) is 10.4 Å². The quantitative estimate of drug-likeness (QED) is 0.848. The van der Waals surface area contributed by atoms with Crippen molar-refractivity contribution in [1.29, 1.82) is 0 Å². The Labute approximate surface area is 116 Å². The number of hydrogen-bond acceptors (Lipinski definition) is 3. The maximum absolute atomic E-state index is 11.9. The minimum absolute atomic E-state index is 0.287. The third-order valence-corrected chi connectivity index (χ3v) is 4.08. The first-order valence-electron chi connectivity index (χ1n) is 5.19. The van der Waals surface area contributed by atoms with E-state index in [0.29, 0.717) is 5.56 Å². The Morgan fingerprint density at radius 2 is 1.94 bits per heavy atom. The second-order valence-corrected chi connectivity index (χ2v) is 6.31. The van der Waals surface area contributed by atoms with E-state index in [1.54, 1.807) is 30.7 Å². The Balaban J connectivity index is 2.44. The average molecular weight is 327 g/mol. The molecule has 0 atom stereocenters. The maximum Gasteiger partial charge on any atom is 0.330 e. The van der Waals surface area contributed by atoms with Gasteiger partial charge in [0.15, 0.2) is 0 Å². The van der Waals surface area contributed by atoms with Gasteiger partial charge >= 0.3 is 5.69 Å². The second-order valence-electron chi connectivity index (χ2n) is 3.82. The molecule has 0 aliphatic rings. The van der Waals surface area contributed by atoms with E-state index in [1.165, 1.54) is 11.6 Å².